The Balaban J connectivity index is 2.71. The molecule has 26 heavy (non-hydrogen) atoms. The third-order valence-corrected chi connectivity index (χ3v) is 4.63. The van der Waals surface area contributed by atoms with E-state index in [-0.39, 0.29) is 12.4 Å². The number of hydrogen-bond acceptors (Lipinski definition) is 3. The molecule has 0 unspecified atom stereocenters. The minimum atomic E-state index is 0.0521. The SMILES string of the molecule is C=C/C(=C\C(CCO)=C(/c1ccc(O)cc1)c1ccc(OI)cc1)CC. The average molecular weight is 462 g/mol. The number of phenolic OH excluding ortho intramolecular Hbond substituents is 1. The lowest BCUT2D eigenvalue weighted by atomic mass is 9.90. The summed E-state index contributed by atoms with van der Waals surface area (Å²) in [4.78, 5) is 0. The van der Waals surface area contributed by atoms with Crippen molar-refractivity contribution in [3.8, 4) is 11.5 Å². The van der Waals surface area contributed by atoms with Crippen molar-refractivity contribution in [2.45, 2.75) is 19.8 Å². The van der Waals surface area contributed by atoms with Crippen molar-refractivity contribution in [2.75, 3.05) is 6.61 Å². The fourth-order valence-electron chi connectivity index (χ4n) is 2.76. The van der Waals surface area contributed by atoms with Crippen molar-refractivity contribution in [3.63, 3.8) is 0 Å². The van der Waals surface area contributed by atoms with Crippen LogP contribution in [0.2, 0.25) is 0 Å². The van der Waals surface area contributed by atoms with Gasteiger partial charge in [0, 0.05) is 6.61 Å². The Morgan fingerprint density at radius 2 is 1.65 bits per heavy atom. The fraction of sp³-hybridized carbons (Fsp3) is 0.182. The van der Waals surface area contributed by atoms with Crippen molar-refractivity contribution >= 4 is 28.6 Å². The van der Waals surface area contributed by atoms with E-state index in [9.17, 15) is 10.2 Å². The van der Waals surface area contributed by atoms with Gasteiger partial charge in [-0.1, -0.05) is 49.9 Å². The number of aliphatic hydroxyl groups excluding tert-OH is 1. The third kappa shape index (κ3) is 5.22. The van der Waals surface area contributed by atoms with E-state index in [1.165, 1.54) is 0 Å². The van der Waals surface area contributed by atoms with Crippen LogP contribution in [0.25, 0.3) is 5.57 Å². The second-order valence-corrected chi connectivity index (χ2v) is 6.24. The third-order valence-electron chi connectivity index (χ3n) is 4.12. The number of halogens is 1. The first-order valence-corrected chi connectivity index (χ1v) is 9.36. The Bertz CT molecular complexity index is 787. The molecule has 136 valence electrons. The fourth-order valence-corrected chi connectivity index (χ4v) is 3.05. The molecule has 0 heterocycles. The van der Waals surface area contributed by atoms with Crippen molar-refractivity contribution in [1.82, 2.24) is 0 Å². The van der Waals surface area contributed by atoms with Gasteiger partial charge in [-0.05, 0) is 65.0 Å². The molecule has 0 aromatic heterocycles. The molecule has 0 saturated heterocycles. The van der Waals surface area contributed by atoms with Gasteiger partial charge in [0.05, 0.1) is 0 Å². The second-order valence-electron chi connectivity index (χ2n) is 5.80. The summed E-state index contributed by atoms with van der Waals surface area (Å²) in [5, 5.41) is 19.3. The minimum absolute atomic E-state index is 0.0521. The van der Waals surface area contributed by atoms with Crippen LogP contribution in [0.4, 0.5) is 0 Å². The monoisotopic (exact) mass is 462 g/mol. The molecule has 0 atom stereocenters. The highest BCUT2D eigenvalue weighted by Gasteiger charge is 2.12. The molecule has 0 bridgehead atoms. The molecule has 0 amide bonds. The van der Waals surface area contributed by atoms with E-state index in [1.807, 2.05) is 65.5 Å². The maximum absolute atomic E-state index is 9.64. The number of aliphatic hydroxyl groups is 1. The molecule has 2 N–H and O–H groups in total. The first-order valence-electron chi connectivity index (χ1n) is 8.48. The van der Waals surface area contributed by atoms with Crippen molar-refractivity contribution in [3.05, 3.63) is 89.5 Å². The van der Waals surface area contributed by atoms with Gasteiger partial charge >= 0.3 is 0 Å². The molecule has 0 spiro atoms. The summed E-state index contributed by atoms with van der Waals surface area (Å²) in [5.74, 6) is 1.00. The predicted octanol–water partition coefficient (Wildman–Crippen LogP) is 5.83. The maximum Gasteiger partial charge on any atom is 0.192 e. The summed E-state index contributed by atoms with van der Waals surface area (Å²) in [7, 11) is 0. The van der Waals surface area contributed by atoms with Crippen LogP contribution in [-0.4, -0.2) is 16.8 Å². The highest BCUT2D eigenvalue weighted by molar-refractivity contribution is 14.1. The van der Waals surface area contributed by atoms with Gasteiger partial charge in [0.2, 0.25) is 0 Å². The average Bonchev–Trinajstić information content (AvgIpc) is 2.68. The molecule has 0 aliphatic rings. The number of aromatic hydroxyl groups is 1. The molecular formula is C22H23IO3. The lowest BCUT2D eigenvalue weighted by Gasteiger charge is -2.15. The summed E-state index contributed by atoms with van der Waals surface area (Å²) in [5.41, 5.74) is 5.15. The topological polar surface area (TPSA) is 49.7 Å². The van der Waals surface area contributed by atoms with E-state index < -0.39 is 0 Å². The molecule has 0 saturated carbocycles. The lowest BCUT2D eigenvalue weighted by Crippen LogP contribution is -1.97. The van der Waals surface area contributed by atoms with Crippen LogP contribution in [0.1, 0.15) is 30.9 Å². The molecule has 0 aliphatic carbocycles. The van der Waals surface area contributed by atoms with Crippen LogP contribution < -0.4 is 3.07 Å². The van der Waals surface area contributed by atoms with Gasteiger partial charge < -0.3 is 13.3 Å². The van der Waals surface area contributed by atoms with Crippen molar-refractivity contribution in [1.29, 1.82) is 0 Å². The summed E-state index contributed by atoms with van der Waals surface area (Å²) in [6.45, 7) is 6.01. The van der Waals surface area contributed by atoms with Gasteiger partial charge in [0.1, 0.15) is 11.5 Å². The highest BCUT2D eigenvalue weighted by Crippen LogP contribution is 2.32. The van der Waals surface area contributed by atoms with E-state index >= 15 is 0 Å². The van der Waals surface area contributed by atoms with Gasteiger partial charge in [0.15, 0.2) is 23.0 Å². The molecule has 4 heteroatoms. The Labute approximate surface area is 169 Å². The van der Waals surface area contributed by atoms with E-state index in [1.54, 1.807) is 12.1 Å². The number of benzene rings is 2. The smallest absolute Gasteiger partial charge is 0.192 e. The van der Waals surface area contributed by atoms with E-state index in [0.717, 1.165) is 40.0 Å². The van der Waals surface area contributed by atoms with Crippen LogP contribution in [-0.2, 0) is 0 Å². The first-order chi connectivity index (χ1) is 12.6. The van der Waals surface area contributed by atoms with Crippen LogP contribution in [0.3, 0.4) is 0 Å². The molecule has 0 aliphatic heterocycles. The zero-order valence-electron chi connectivity index (χ0n) is 14.8. The zero-order chi connectivity index (χ0) is 18.9. The molecule has 2 aromatic carbocycles. The standard InChI is InChI=1S/C22H23IO3/c1-3-16(4-2)15-19(13-14-24)22(17-5-9-20(25)10-6-17)18-7-11-21(26-23)12-8-18/h3,5-12,15,24-25H,1,4,13-14H2,2H3/b16-15+,22-19+. The van der Waals surface area contributed by atoms with Crippen molar-refractivity contribution in [2.24, 2.45) is 0 Å². The summed E-state index contributed by atoms with van der Waals surface area (Å²) in [6.07, 6.45) is 5.33. The highest BCUT2D eigenvalue weighted by atomic mass is 127. The molecule has 0 radical (unpaired) electrons. The normalized spacial score (nSPS) is 12.5. The van der Waals surface area contributed by atoms with Crippen LogP contribution >= 0.6 is 23.0 Å². The lowest BCUT2D eigenvalue weighted by molar-refractivity contribution is 0.300. The quantitative estimate of drug-likeness (QED) is 0.384. The minimum Gasteiger partial charge on any atom is -0.508 e. The van der Waals surface area contributed by atoms with E-state index in [4.69, 9.17) is 3.07 Å². The van der Waals surface area contributed by atoms with Crippen molar-refractivity contribution < 1.29 is 13.3 Å². The van der Waals surface area contributed by atoms with E-state index in [0.29, 0.717) is 6.42 Å². The molecular weight excluding hydrogens is 439 g/mol. The second kappa shape index (κ2) is 10.2. The molecule has 2 rings (SSSR count). The Hall–Kier alpha value is -2.05. The summed E-state index contributed by atoms with van der Waals surface area (Å²) < 4.78 is 5.23. The number of allylic oxidation sites excluding steroid dienone is 3. The maximum atomic E-state index is 9.64. The van der Waals surface area contributed by atoms with Gasteiger partial charge in [-0.15, -0.1) is 0 Å². The van der Waals surface area contributed by atoms with Gasteiger partial charge in [-0.3, -0.25) is 0 Å². The summed E-state index contributed by atoms with van der Waals surface area (Å²) >= 11 is 1.86. The Morgan fingerprint density at radius 3 is 2.12 bits per heavy atom. The first kappa shape index (κ1) is 20.3. The molecule has 3 nitrogen and oxygen atoms in total. The number of hydrogen-bond donors (Lipinski definition) is 2. The largest absolute Gasteiger partial charge is 0.508 e. The molecule has 0 fully saturated rings. The number of phenols is 1. The van der Waals surface area contributed by atoms with E-state index in [2.05, 4.69) is 19.6 Å². The van der Waals surface area contributed by atoms with Gasteiger partial charge in [0.25, 0.3) is 0 Å². The zero-order valence-corrected chi connectivity index (χ0v) is 16.9. The Kier molecular flexibility index (Phi) is 7.94. The predicted molar refractivity (Wildman–Crippen MR) is 115 cm³/mol. The Morgan fingerprint density at radius 1 is 1.08 bits per heavy atom. The molecule has 2 aromatic rings. The number of rotatable bonds is 8. The van der Waals surface area contributed by atoms with Crippen LogP contribution in [0, 0.1) is 0 Å². The summed E-state index contributed by atoms with van der Waals surface area (Å²) in [6, 6.07) is 14.9. The van der Waals surface area contributed by atoms with Gasteiger partial charge in [-0.25, -0.2) is 0 Å². The van der Waals surface area contributed by atoms with Crippen LogP contribution in [0.15, 0.2) is 78.4 Å². The van der Waals surface area contributed by atoms with Crippen LogP contribution in [0.5, 0.6) is 11.5 Å². The van der Waals surface area contributed by atoms with Gasteiger partial charge in [-0.2, -0.15) is 0 Å².